The molecule has 2 atom stereocenters. The molecule has 2 heterocycles. The average Bonchev–Trinajstić information content (AvgIpc) is 2.70. The maximum Gasteiger partial charge on any atom is 0.161 e. The molecule has 0 saturated carbocycles. The Morgan fingerprint density at radius 2 is 2.05 bits per heavy atom. The van der Waals surface area contributed by atoms with Crippen LogP contribution in [0, 0.1) is 19.3 Å². The molecule has 0 bridgehead atoms. The lowest BCUT2D eigenvalue weighted by Crippen LogP contribution is -2.37. The molecule has 2 aliphatic heterocycles. The van der Waals surface area contributed by atoms with Crippen molar-refractivity contribution in [1.82, 2.24) is 0 Å². The van der Waals surface area contributed by atoms with Crippen LogP contribution in [0.3, 0.4) is 0 Å². The minimum atomic E-state index is -2.95. The molecule has 0 spiro atoms. The summed E-state index contributed by atoms with van der Waals surface area (Å²) in [6.07, 6.45) is 0. The highest BCUT2D eigenvalue weighted by Crippen LogP contribution is 2.41. The van der Waals surface area contributed by atoms with Crippen LogP contribution >= 0.6 is 11.8 Å². The van der Waals surface area contributed by atoms with E-state index in [0.717, 1.165) is 11.3 Å². The second-order valence-electron chi connectivity index (χ2n) is 5.27. The van der Waals surface area contributed by atoms with Crippen LogP contribution < -0.4 is 4.90 Å². The van der Waals surface area contributed by atoms with Gasteiger partial charge in [0.05, 0.1) is 17.5 Å². The van der Waals surface area contributed by atoms with E-state index in [1.807, 2.05) is 30.9 Å². The number of nitrogens with zero attached hydrogens (tertiary/aromatic N) is 1. The number of fused-ring (bicyclic) bond motifs is 1. The zero-order valence-electron chi connectivity index (χ0n) is 10.9. The third kappa shape index (κ3) is 2.17. The Morgan fingerprint density at radius 1 is 1.32 bits per heavy atom. The molecule has 2 fully saturated rings. The van der Waals surface area contributed by atoms with E-state index < -0.39 is 9.84 Å². The van der Waals surface area contributed by atoms with Crippen LogP contribution in [0.1, 0.15) is 11.1 Å². The highest BCUT2D eigenvalue weighted by Gasteiger charge is 2.48. The normalized spacial score (nSPS) is 28.7. The van der Waals surface area contributed by atoms with Crippen LogP contribution in [0.2, 0.25) is 0 Å². The SMILES string of the molecule is Cc1ccc(N2C(=N)S[C@@H]3CS(=O)(=O)C[C@H]32)c(C)c1. The molecule has 0 unspecified atom stereocenters. The van der Waals surface area contributed by atoms with Gasteiger partial charge in [0.1, 0.15) is 0 Å². The van der Waals surface area contributed by atoms with Gasteiger partial charge in [-0.25, -0.2) is 8.42 Å². The summed E-state index contributed by atoms with van der Waals surface area (Å²) in [5.74, 6) is 0.368. The van der Waals surface area contributed by atoms with Crippen LogP contribution in [0.15, 0.2) is 18.2 Å². The van der Waals surface area contributed by atoms with Crippen molar-refractivity contribution < 1.29 is 8.42 Å². The fourth-order valence-electron chi connectivity index (χ4n) is 2.86. The molecular formula is C13H16N2O2S2. The second-order valence-corrected chi connectivity index (χ2v) is 8.65. The molecule has 19 heavy (non-hydrogen) atoms. The second kappa shape index (κ2) is 4.24. The van der Waals surface area contributed by atoms with E-state index in [1.165, 1.54) is 17.3 Å². The number of hydrogen-bond acceptors (Lipinski definition) is 4. The summed E-state index contributed by atoms with van der Waals surface area (Å²) in [6.45, 7) is 4.04. The molecule has 0 aromatic heterocycles. The minimum Gasteiger partial charge on any atom is -0.316 e. The van der Waals surface area contributed by atoms with Crippen LogP contribution in [0.4, 0.5) is 5.69 Å². The maximum absolute atomic E-state index is 11.8. The van der Waals surface area contributed by atoms with E-state index in [0.29, 0.717) is 5.17 Å². The lowest BCUT2D eigenvalue weighted by molar-refractivity contribution is 0.601. The van der Waals surface area contributed by atoms with Gasteiger partial charge in [-0.1, -0.05) is 29.5 Å². The predicted molar refractivity (Wildman–Crippen MR) is 79.9 cm³/mol. The van der Waals surface area contributed by atoms with Crippen LogP contribution in [-0.2, 0) is 9.84 Å². The summed E-state index contributed by atoms with van der Waals surface area (Å²) in [5, 5.41) is 8.60. The molecule has 1 N–H and O–H groups in total. The Labute approximate surface area is 117 Å². The monoisotopic (exact) mass is 296 g/mol. The van der Waals surface area contributed by atoms with E-state index in [4.69, 9.17) is 5.41 Å². The van der Waals surface area contributed by atoms with Gasteiger partial charge in [-0.3, -0.25) is 5.41 Å². The van der Waals surface area contributed by atoms with Crippen molar-refractivity contribution in [3.63, 3.8) is 0 Å². The summed E-state index contributed by atoms with van der Waals surface area (Å²) in [5.41, 5.74) is 3.23. The van der Waals surface area contributed by atoms with E-state index in [2.05, 4.69) is 6.07 Å². The average molecular weight is 296 g/mol. The van der Waals surface area contributed by atoms with Gasteiger partial charge in [-0.15, -0.1) is 0 Å². The fourth-order valence-corrected chi connectivity index (χ4v) is 6.65. The Balaban J connectivity index is 2.02. The van der Waals surface area contributed by atoms with E-state index in [-0.39, 0.29) is 22.8 Å². The number of hydrogen-bond donors (Lipinski definition) is 1. The molecule has 1 aromatic carbocycles. The zero-order chi connectivity index (χ0) is 13.8. The van der Waals surface area contributed by atoms with Crippen molar-refractivity contribution in [1.29, 1.82) is 5.41 Å². The van der Waals surface area contributed by atoms with E-state index in [1.54, 1.807) is 0 Å². The number of amidine groups is 1. The third-order valence-electron chi connectivity index (χ3n) is 3.70. The van der Waals surface area contributed by atoms with Crippen LogP contribution in [-0.4, -0.2) is 36.4 Å². The first kappa shape index (κ1) is 13.0. The van der Waals surface area contributed by atoms with Crippen molar-refractivity contribution in [3.05, 3.63) is 29.3 Å². The van der Waals surface area contributed by atoms with Gasteiger partial charge in [0.25, 0.3) is 0 Å². The first-order valence-electron chi connectivity index (χ1n) is 6.19. The summed E-state index contributed by atoms with van der Waals surface area (Å²) >= 11 is 1.38. The smallest absolute Gasteiger partial charge is 0.161 e. The van der Waals surface area contributed by atoms with Gasteiger partial charge in [0.2, 0.25) is 0 Å². The topological polar surface area (TPSA) is 61.2 Å². The van der Waals surface area contributed by atoms with Gasteiger partial charge < -0.3 is 4.90 Å². The molecule has 0 aliphatic carbocycles. The number of benzene rings is 1. The van der Waals surface area contributed by atoms with Gasteiger partial charge >= 0.3 is 0 Å². The van der Waals surface area contributed by atoms with Gasteiger partial charge in [0, 0.05) is 10.9 Å². The Bertz CT molecular complexity index is 655. The largest absolute Gasteiger partial charge is 0.316 e. The number of anilines is 1. The molecule has 0 radical (unpaired) electrons. The lowest BCUT2D eigenvalue weighted by atomic mass is 10.1. The Kier molecular flexibility index (Phi) is 2.90. The first-order chi connectivity index (χ1) is 8.87. The number of sulfone groups is 1. The molecule has 4 nitrogen and oxygen atoms in total. The lowest BCUT2D eigenvalue weighted by Gasteiger charge is -2.25. The van der Waals surface area contributed by atoms with Crippen molar-refractivity contribution in [2.24, 2.45) is 0 Å². The number of nitrogens with one attached hydrogen (secondary N) is 1. The molecule has 2 saturated heterocycles. The molecule has 1 aromatic rings. The minimum absolute atomic E-state index is 0.0122. The summed E-state index contributed by atoms with van der Waals surface area (Å²) < 4.78 is 23.5. The van der Waals surface area contributed by atoms with Gasteiger partial charge in [0.15, 0.2) is 15.0 Å². The van der Waals surface area contributed by atoms with Crippen LogP contribution in [0.25, 0.3) is 0 Å². The summed E-state index contributed by atoms with van der Waals surface area (Å²) in [4.78, 5) is 1.90. The Hall–Kier alpha value is -1.01. The highest BCUT2D eigenvalue weighted by molar-refractivity contribution is 8.15. The molecule has 6 heteroatoms. The standard InChI is InChI=1S/C13H16N2O2S2/c1-8-3-4-10(9(2)5-8)15-11-6-19(16,17)7-12(11)18-13(15)14/h3-5,11-12,14H,6-7H2,1-2H3/t11-,12-/m1/s1. The van der Waals surface area contributed by atoms with Crippen LogP contribution in [0.5, 0.6) is 0 Å². The molecule has 2 aliphatic rings. The quantitative estimate of drug-likeness (QED) is 0.860. The van der Waals surface area contributed by atoms with Crippen molar-refractivity contribution in [3.8, 4) is 0 Å². The van der Waals surface area contributed by atoms with Gasteiger partial charge in [-0.05, 0) is 25.5 Å². The fraction of sp³-hybridized carbons (Fsp3) is 0.462. The molecular weight excluding hydrogens is 280 g/mol. The number of thioether (sulfide) groups is 1. The highest BCUT2D eigenvalue weighted by atomic mass is 32.2. The van der Waals surface area contributed by atoms with E-state index in [9.17, 15) is 8.42 Å². The maximum atomic E-state index is 11.8. The van der Waals surface area contributed by atoms with Crippen molar-refractivity contribution in [2.45, 2.75) is 25.1 Å². The Morgan fingerprint density at radius 3 is 2.74 bits per heavy atom. The summed E-state index contributed by atoms with van der Waals surface area (Å²) in [6, 6.07) is 6.00. The molecule has 0 amide bonds. The predicted octanol–water partition coefficient (Wildman–Crippen LogP) is 1.96. The first-order valence-corrected chi connectivity index (χ1v) is 8.89. The molecule has 3 rings (SSSR count). The van der Waals surface area contributed by atoms with E-state index >= 15 is 0 Å². The van der Waals surface area contributed by atoms with Crippen molar-refractivity contribution in [2.75, 3.05) is 16.4 Å². The number of rotatable bonds is 1. The van der Waals surface area contributed by atoms with Crippen molar-refractivity contribution >= 4 is 32.5 Å². The molecule has 102 valence electrons. The number of aryl methyl sites for hydroxylation is 2. The zero-order valence-corrected chi connectivity index (χ0v) is 12.5. The van der Waals surface area contributed by atoms with Gasteiger partial charge in [-0.2, -0.15) is 0 Å². The third-order valence-corrected chi connectivity index (χ3v) is 6.83. The summed E-state index contributed by atoms with van der Waals surface area (Å²) in [7, 11) is -2.95.